The molecule has 0 heterocycles. The number of benzene rings is 2. The summed E-state index contributed by atoms with van der Waals surface area (Å²) in [5.41, 5.74) is 9.02. The average molecular weight is 341 g/mol. The van der Waals surface area contributed by atoms with Crippen molar-refractivity contribution in [2.24, 2.45) is 5.73 Å². The Morgan fingerprint density at radius 1 is 1.08 bits per heavy atom. The van der Waals surface area contributed by atoms with Gasteiger partial charge in [0.1, 0.15) is 12.4 Å². The lowest BCUT2D eigenvalue weighted by Crippen LogP contribution is -2.36. The van der Waals surface area contributed by atoms with E-state index in [0.717, 1.165) is 16.9 Å². The largest absolute Gasteiger partial charge is 0.489 e. The molecule has 6 nitrogen and oxygen atoms in total. The summed E-state index contributed by atoms with van der Waals surface area (Å²) in [6.45, 7) is 4.16. The molecule has 0 spiro atoms. The van der Waals surface area contributed by atoms with Crippen LogP contribution >= 0.6 is 0 Å². The van der Waals surface area contributed by atoms with Crippen molar-refractivity contribution < 1.29 is 14.3 Å². The Kier molecular flexibility index (Phi) is 6.54. The van der Waals surface area contributed by atoms with Crippen LogP contribution in [-0.4, -0.2) is 24.9 Å². The van der Waals surface area contributed by atoms with Crippen molar-refractivity contribution in [1.29, 1.82) is 0 Å². The minimum atomic E-state index is -0.369. The Hall–Kier alpha value is -2.86. The maximum atomic E-state index is 11.8. The molecule has 0 bridgehead atoms. The van der Waals surface area contributed by atoms with Gasteiger partial charge < -0.3 is 21.1 Å². The SMILES string of the molecule is Cc1cccc(COc2ccc(NC(=O)CNC(=O)CN)c(C)c2)c1. The molecule has 0 aromatic heterocycles. The minimum absolute atomic E-state index is 0.110. The van der Waals surface area contributed by atoms with Gasteiger partial charge >= 0.3 is 0 Å². The smallest absolute Gasteiger partial charge is 0.243 e. The molecule has 0 aliphatic rings. The van der Waals surface area contributed by atoms with Crippen molar-refractivity contribution in [2.45, 2.75) is 20.5 Å². The van der Waals surface area contributed by atoms with E-state index in [9.17, 15) is 9.59 Å². The Morgan fingerprint density at radius 2 is 1.88 bits per heavy atom. The Bertz CT molecular complexity index is 759. The topological polar surface area (TPSA) is 93.5 Å². The number of nitrogens with two attached hydrogens (primary N) is 1. The number of nitrogens with one attached hydrogen (secondary N) is 2. The molecule has 0 atom stereocenters. The van der Waals surface area contributed by atoms with Crippen LogP contribution in [0.15, 0.2) is 42.5 Å². The maximum absolute atomic E-state index is 11.8. The molecule has 2 aromatic rings. The predicted octanol–water partition coefficient (Wildman–Crippen LogP) is 1.90. The van der Waals surface area contributed by atoms with Gasteiger partial charge in [0.25, 0.3) is 0 Å². The fourth-order valence-corrected chi connectivity index (χ4v) is 2.28. The summed E-state index contributed by atoms with van der Waals surface area (Å²) in [6, 6.07) is 13.6. The first-order chi connectivity index (χ1) is 12.0. The molecule has 2 rings (SSSR count). The van der Waals surface area contributed by atoms with Crippen molar-refractivity contribution in [2.75, 3.05) is 18.4 Å². The fourth-order valence-electron chi connectivity index (χ4n) is 2.28. The molecule has 0 unspecified atom stereocenters. The zero-order valence-electron chi connectivity index (χ0n) is 14.5. The van der Waals surface area contributed by atoms with Crippen LogP contribution < -0.4 is 21.1 Å². The van der Waals surface area contributed by atoms with Crippen LogP contribution in [-0.2, 0) is 16.2 Å². The van der Waals surface area contributed by atoms with Gasteiger partial charge in [0.15, 0.2) is 0 Å². The second-order valence-corrected chi connectivity index (χ2v) is 5.78. The van der Waals surface area contributed by atoms with Crippen LogP contribution in [0, 0.1) is 13.8 Å². The molecule has 0 saturated heterocycles. The van der Waals surface area contributed by atoms with Crippen molar-refractivity contribution in [1.82, 2.24) is 5.32 Å². The van der Waals surface area contributed by atoms with Gasteiger partial charge in [-0.15, -0.1) is 0 Å². The number of carbonyl (C=O) groups is 2. The third-order valence-electron chi connectivity index (χ3n) is 3.59. The quantitative estimate of drug-likeness (QED) is 0.717. The molecule has 2 amide bonds. The lowest BCUT2D eigenvalue weighted by atomic mass is 10.1. The van der Waals surface area contributed by atoms with Crippen LogP contribution in [0.25, 0.3) is 0 Å². The van der Waals surface area contributed by atoms with Crippen molar-refractivity contribution in [3.63, 3.8) is 0 Å². The highest BCUT2D eigenvalue weighted by molar-refractivity contribution is 5.95. The maximum Gasteiger partial charge on any atom is 0.243 e. The highest BCUT2D eigenvalue weighted by Crippen LogP contribution is 2.22. The summed E-state index contributed by atoms with van der Waals surface area (Å²) in [5.74, 6) is 0.0542. The standard InChI is InChI=1S/C19H23N3O3/c1-13-4-3-5-15(8-13)12-25-16-6-7-17(14(2)9-16)22-19(24)11-21-18(23)10-20/h3-9H,10-12,20H2,1-2H3,(H,21,23)(H,22,24). The van der Waals surface area contributed by atoms with Gasteiger partial charge in [-0.25, -0.2) is 0 Å². The summed E-state index contributed by atoms with van der Waals surface area (Å²) >= 11 is 0. The summed E-state index contributed by atoms with van der Waals surface area (Å²) < 4.78 is 5.80. The molecule has 0 saturated carbocycles. The van der Waals surface area contributed by atoms with Crippen LogP contribution in [0.3, 0.4) is 0 Å². The molecule has 0 aliphatic carbocycles. The Balaban J connectivity index is 1.91. The third kappa shape index (κ3) is 5.93. The number of ether oxygens (including phenoxy) is 1. The number of carbonyl (C=O) groups excluding carboxylic acids is 2. The summed E-state index contributed by atoms with van der Waals surface area (Å²) in [4.78, 5) is 22.9. The van der Waals surface area contributed by atoms with E-state index in [-0.39, 0.29) is 24.9 Å². The number of amides is 2. The summed E-state index contributed by atoms with van der Waals surface area (Å²) in [6.07, 6.45) is 0. The molecule has 6 heteroatoms. The molecule has 132 valence electrons. The van der Waals surface area contributed by atoms with E-state index in [1.807, 2.05) is 38.1 Å². The molecule has 0 fully saturated rings. The van der Waals surface area contributed by atoms with Gasteiger partial charge in [-0.3, -0.25) is 9.59 Å². The molecule has 0 radical (unpaired) electrons. The summed E-state index contributed by atoms with van der Waals surface area (Å²) in [5, 5.41) is 5.17. The molecular weight excluding hydrogens is 318 g/mol. The van der Waals surface area contributed by atoms with E-state index in [2.05, 4.69) is 16.7 Å². The van der Waals surface area contributed by atoms with Crippen LogP contribution in [0.5, 0.6) is 5.75 Å². The molecular formula is C19H23N3O3. The van der Waals surface area contributed by atoms with Crippen LogP contribution in [0.4, 0.5) is 5.69 Å². The number of aryl methyl sites for hydroxylation is 2. The first-order valence-corrected chi connectivity index (χ1v) is 8.03. The molecule has 4 N–H and O–H groups in total. The minimum Gasteiger partial charge on any atom is -0.489 e. The number of hydrogen-bond acceptors (Lipinski definition) is 4. The lowest BCUT2D eigenvalue weighted by molar-refractivity contribution is -0.123. The second kappa shape index (κ2) is 8.84. The highest BCUT2D eigenvalue weighted by Gasteiger charge is 2.07. The first kappa shape index (κ1) is 18.5. The van der Waals surface area contributed by atoms with Crippen molar-refractivity contribution >= 4 is 17.5 Å². The van der Waals surface area contributed by atoms with E-state index < -0.39 is 0 Å². The van der Waals surface area contributed by atoms with Gasteiger partial charge in [-0.2, -0.15) is 0 Å². The highest BCUT2D eigenvalue weighted by atomic mass is 16.5. The van der Waals surface area contributed by atoms with E-state index in [1.54, 1.807) is 12.1 Å². The molecule has 25 heavy (non-hydrogen) atoms. The number of rotatable bonds is 7. The third-order valence-corrected chi connectivity index (χ3v) is 3.59. The van der Waals surface area contributed by atoms with Gasteiger partial charge in [-0.05, 0) is 43.2 Å². The van der Waals surface area contributed by atoms with Crippen molar-refractivity contribution in [3.8, 4) is 5.75 Å². The monoisotopic (exact) mass is 341 g/mol. The van der Waals surface area contributed by atoms with Gasteiger partial charge in [-0.1, -0.05) is 29.8 Å². The fraction of sp³-hybridized carbons (Fsp3) is 0.263. The van der Waals surface area contributed by atoms with Crippen molar-refractivity contribution in [3.05, 3.63) is 59.2 Å². The number of anilines is 1. The van der Waals surface area contributed by atoms with Gasteiger partial charge in [0.05, 0.1) is 13.1 Å². The first-order valence-electron chi connectivity index (χ1n) is 8.03. The number of hydrogen-bond donors (Lipinski definition) is 3. The Labute approximate surface area is 147 Å². The zero-order chi connectivity index (χ0) is 18.2. The van der Waals surface area contributed by atoms with E-state index in [1.165, 1.54) is 5.56 Å². The van der Waals surface area contributed by atoms with Crippen LogP contribution in [0.1, 0.15) is 16.7 Å². The molecule has 0 aliphatic heterocycles. The normalized spacial score (nSPS) is 10.2. The van der Waals surface area contributed by atoms with E-state index in [4.69, 9.17) is 10.5 Å². The molecule has 2 aromatic carbocycles. The van der Waals surface area contributed by atoms with E-state index >= 15 is 0 Å². The Morgan fingerprint density at radius 3 is 2.56 bits per heavy atom. The predicted molar refractivity (Wildman–Crippen MR) is 97.4 cm³/mol. The summed E-state index contributed by atoms with van der Waals surface area (Å²) in [7, 11) is 0. The van der Waals surface area contributed by atoms with Gasteiger partial charge in [0, 0.05) is 5.69 Å². The second-order valence-electron chi connectivity index (χ2n) is 5.78. The van der Waals surface area contributed by atoms with Crippen LogP contribution in [0.2, 0.25) is 0 Å². The average Bonchev–Trinajstić information content (AvgIpc) is 2.60. The van der Waals surface area contributed by atoms with Gasteiger partial charge in [0.2, 0.25) is 11.8 Å². The zero-order valence-corrected chi connectivity index (χ0v) is 14.5. The van der Waals surface area contributed by atoms with E-state index in [0.29, 0.717) is 12.3 Å². The lowest BCUT2D eigenvalue weighted by Gasteiger charge is -2.12.